The van der Waals surface area contributed by atoms with Gasteiger partial charge in [-0.2, -0.15) is 0 Å². The van der Waals surface area contributed by atoms with Crippen LogP contribution in [0.5, 0.6) is 0 Å². The molecule has 1 fully saturated rings. The number of rotatable bonds is 7. The smallest absolute Gasteiger partial charge is 0.338 e. The van der Waals surface area contributed by atoms with E-state index < -0.39 is 52.3 Å². The van der Waals surface area contributed by atoms with E-state index in [0.717, 1.165) is 0 Å². The first kappa shape index (κ1) is 29.5. The average molecular weight is 529 g/mol. The van der Waals surface area contributed by atoms with Crippen LogP contribution in [0.25, 0.3) is 0 Å². The van der Waals surface area contributed by atoms with Gasteiger partial charge in [-0.15, -0.1) is 0 Å². The summed E-state index contributed by atoms with van der Waals surface area (Å²) in [5.41, 5.74) is 1.98. The van der Waals surface area contributed by atoms with Crippen molar-refractivity contribution in [3.05, 3.63) is 32.6 Å². The molecule has 0 bridgehead atoms. The number of nitrogens with zero attached hydrogens (tertiary/aromatic N) is 1. The first-order chi connectivity index (χ1) is 15.7. The van der Waals surface area contributed by atoms with Crippen LogP contribution in [-0.4, -0.2) is 51.0 Å². The number of urea groups is 1. The Morgan fingerprint density at radius 2 is 1.69 bits per heavy atom. The van der Waals surface area contributed by atoms with Crippen LogP contribution in [0, 0.1) is 6.92 Å². The van der Waals surface area contributed by atoms with E-state index in [2.05, 4.69) is 70.4 Å². The minimum atomic E-state index is -2.19. The number of hydroxylamine groups is 1. The van der Waals surface area contributed by atoms with E-state index in [0.29, 0.717) is 12.0 Å². The number of ether oxygens (including phenoxy) is 1. The summed E-state index contributed by atoms with van der Waals surface area (Å²) in [6.07, 6.45) is 0.690. The predicted octanol–water partition coefficient (Wildman–Crippen LogP) is 3.76. The molecule has 2 amide bonds. The van der Waals surface area contributed by atoms with Gasteiger partial charge >= 0.3 is 11.7 Å². The Kier molecular flexibility index (Phi) is 8.70. The summed E-state index contributed by atoms with van der Waals surface area (Å²) >= 11 is 0. The fraction of sp³-hybridized carbons (Fsp3) is 0.783. The highest BCUT2D eigenvalue weighted by Crippen LogP contribution is 2.38. The number of aromatic amines is 1. The van der Waals surface area contributed by atoms with Crippen molar-refractivity contribution in [1.29, 1.82) is 0 Å². The van der Waals surface area contributed by atoms with Crippen LogP contribution >= 0.6 is 0 Å². The first-order valence-electron chi connectivity index (χ1n) is 12.1. The number of aromatic nitrogens is 2. The van der Waals surface area contributed by atoms with Gasteiger partial charge in [0.15, 0.2) is 8.32 Å². The first-order valence-corrected chi connectivity index (χ1v) is 17.9. The Bertz CT molecular complexity index is 1020. The number of carbonyl (C=O) groups excluding carboxylic acids is 1. The zero-order valence-corrected chi connectivity index (χ0v) is 25.1. The third-order valence-electron chi connectivity index (χ3n) is 7.63. The maximum Gasteiger partial charge on any atom is 0.338 e. The van der Waals surface area contributed by atoms with E-state index in [1.807, 2.05) is 13.1 Å². The molecule has 3 atom stereocenters. The van der Waals surface area contributed by atoms with Crippen molar-refractivity contribution in [3.63, 3.8) is 0 Å². The molecule has 0 saturated carbocycles. The molecule has 3 unspecified atom stereocenters. The van der Waals surface area contributed by atoms with Gasteiger partial charge in [-0.25, -0.2) is 15.1 Å². The molecule has 1 saturated heterocycles. The van der Waals surface area contributed by atoms with Gasteiger partial charge in [-0.1, -0.05) is 41.5 Å². The van der Waals surface area contributed by atoms with Crippen molar-refractivity contribution in [2.75, 3.05) is 6.61 Å². The maximum absolute atomic E-state index is 12.8. The lowest BCUT2D eigenvalue weighted by molar-refractivity contribution is -0.0261. The van der Waals surface area contributed by atoms with E-state index >= 15 is 0 Å². The van der Waals surface area contributed by atoms with Crippen molar-refractivity contribution in [3.8, 4) is 0 Å². The van der Waals surface area contributed by atoms with Crippen LogP contribution in [0.4, 0.5) is 4.79 Å². The maximum atomic E-state index is 12.8. The summed E-state index contributed by atoms with van der Waals surface area (Å²) < 4.78 is 19.8. The molecule has 0 spiro atoms. The number of aryl methyl sites for hydroxylation is 1. The summed E-state index contributed by atoms with van der Waals surface area (Å²) in [5, 5.41) is 2.89. The molecule has 0 radical (unpaired) electrons. The van der Waals surface area contributed by atoms with Gasteiger partial charge in [-0.3, -0.25) is 14.3 Å². The molecule has 1 aromatic rings. The van der Waals surface area contributed by atoms with Crippen molar-refractivity contribution >= 4 is 22.7 Å². The summed E-state index contributed by atoms with van der Waals surface area (Å²) in [7, 11) is -4.26. The highest BCUT2D eigenvalue weighted by atomic mass is 28.4. The van der Waals surface area contributed by atoms with Gasteiger partial charge in [-0.05, 0) is 43.2 Å². The van der Waals surface area contributed by atoms with Gasteiger partial charge in [0.1, 0.15) is 12.3 Å². The van der Waals surface area contributed by atoms with Gasteiger partial charge in [0.2, 0.25) is 8.32 Å². The Hall–Kier alpha value is -1.74. The highest BCUT2D eigenvalue weighted by Gasteiger charge is 2.43. The minimum absolute atomic E-state index is 0.00921. The standard InChI is InChI=1S/C23H44N4O6Si2/c1-15-13-27(21(30)25-19(15)28)18-12-16(17(32-18)14-31-34(8,9)22(2,3)4)24-20(29)26-33-35(10,11)23(5,6)7/h13,16-18H,12,14H2,1-11H3,(H2,24,26,29)(H,25,28,30). The van der Waals surface area contributed by atoms with E-state index in [1.165, 1.54) is 10.8 Å². The van der Waals surface area contributed by atoms with E-state index in [-0.39, 0.29) is 16.7 Å². The van der Waals surface area contributed by atoms with E-state index in [9.17, 15) is 14.4 Å². The lowest BCUT2D eigenvalue weighted by Crippen LogP contribution is -2.52. The number of hydrogen-bond acceptors (Lipinski definition) is 6. The zero-order valence-electron chi connectivity index (χ0n) is 23.1. The van der Waals surface area contributed by atoms with Crippen LogP contribution in [0.1, 0.15) is 59.8 Å². The van der Waals surface area contributed by atoms with Crippen molar-refractivity contribution < 1.29 is 18.5 Å². The van der Waals surface area contributed by atoms with Crippen LogP contribution in [0.3, 0.4) is 0 Å². The molecule has 35 heavy (non-hydrogen) atoms. The van der Waals surface area contributed by atoms with E-state index in [4.69, 9.17) is 13.7 Å². The summed E-state index contributed by atoms with van der Waals surface area (Å²) in [5.74, 6) is 0. The largest absolute Gasteiger partial charge is 0.414 e. The molecule has 0 aliphatic carbocycles. The van der Waals surface area contributed by atoms with Crippen molar-refractivity contribution in [2.45, 2.75) is 110 Å². The molecule has 1 aliphatic heterocycles. The second-order valence-corrected chi connectivity index (χ2v) is 22.0. The Balaban J connectivity index is 2.21. The summed E-state index contributed by atoms with van der Waals surface area (Å²) in [4.78, 5) is 39.3. The average Bonchev–Trinajstić information content (AvgIpc) is 3.08. The Morgan fingerprint density at radius 3 is 2.23 bits per heavy atom. The molecule has 0 aromatic carbocycles. The fourth-order valence-electron chi connectivity index (χ4n) is 3.04. The third kappa shape index (κ3) is 7.16. The molecule has 200 valence electrons. The van der Waals surface area contributed by atoms with Gasteiger partial charge < -0.3 is 19.0 Å². The van der Waals surface area contributed by atoms with E-state index in [1.54, 1.807) is 6.92 Å². The lowest BCUT2D eigenvalue weighted by Gasteiger charge is -2.37. The predicted molar refractivity (Wildman–Crippen MR) is 141 cm³/mol. The number of H-pyrrole nitrogens is 1. The van der Waals surface area contributed by atoms with Crippen molar-refractivity contribution in [2.24, 2.45) is 0 Å². The summed E-state index contributed by atoms with van der Waals surface area (Å²) in [6.45, 7) is 23.0. The van der Waals surface area contributed by atoms with Crippen LogP contribution in [0.15, 0.2) is 15.8 Å². The van der Waals surface area contributed by atoms with Crippen LogP contribution < -0.4 is 22.0 Å². The molecule has 2 heterocycles. The lowest BCUT2D eigenvalue weighted by atomic mass is 10.1. The number of nitrogens with one attached hydrogen (secondary N) is 3. The topological polar surface area (TPSA) is 124 Å². The fourth-order valence-corrected chi connectivity index (χ4v) is 4.71. The van der Waals surface area contributed by atoms with Gasteiger partial charge in [0.25, 0.3) is 5.56 Å². The molecule has 2 rings (SSSR count). The third-order valence-corrected chi connectivity index (χ3v) is 16.4. The SMILES string of the molecule is Cc1cn(C2CC(NC(=O)NO[Si](C)(C)C(C)(C)C)C(CO[Si](C)(C)C(C)(C)C)O2)c(=O)[nH]c1=O. The van der Waals surface area contributed by atoms with Gasteiger partial charge in [0.05, 0.1) is 12.6 Å². The number of carbonyl (C=O) groups is 1. The molecule has 1 aliphatic rings. The second kappa shape index (κ2) is 10.3. The number of amides is 2. The molecular weight excluding hydrogens is 484 g/mol. The quantitative estimate of drug-likeness (QED) is 0.366. The molecule has 3 N–H and O–H groups in total. The molecule has 12 heteroatoms. The number of hydrogen-bond donors (Lipinski definition) is 3. The molecular formula is C23H44N4O6Si2. The monoisotopic (exact) mass is 528 g/mol. The minimum Gasteiger partial charge on any atom is -0.414 e. The Labute approximate surface area is 210 Å². The van der Waals surface area contributed by atoms with Gasteiger partial charge in [0, 0.05) is 18.2 Å². The van der Waals surface area contributed by atoms with Crippen molar-refractivity contribution in [1.82, 2.24) is 20.3 Å². The second-order valence-electron chi connectivity index (χ2n) is 12.5. The molecule has 10 nitrogen and oxygen atoms in total. The summed E-state index contributed by atoms with van der Waals surface area (Å²) in [6, 6.07) is -0.890. The highest BCUT2D eigenvalue weighted by molar-refractivity contribution is 6.74. The normalized spacial score (nSPS) is 21.7. The Morgan fingerprint density at radius 1 is 1.11 bits per heavy atom. The zero-order chi connectivity index (χ0) is 27.0. The van der Waals surface area contributed by atoms with Crippen LogP contribution in [0.2, 0.25) is 36.3 Å². The van der Waals surface area contributed by atoms with Crippen LogP contribution in [-0.2, 0) is 13.7 Å². The molecule has 1 aromatic heterocycles.